The first-order chi connectivity index (χ1) is 8.46. The fourth-order valence-electron chi connectivity index (χ4n) is 1.01. The third kappa shape index (κ3) is 4.82. The molecule has 0 fully saturated rings. The first-order valence-electron chi connectivity index (χ1n) is 4.55. The van der Waals surface area contributed by atoms with E-state index in [-0.39, 0.29) is 0 Å². The molecule has 0 saturated carbocycles. The molecule has 0 N–H and O–H groups in total. The van der Waals surface area contributed by atoms with Gasteiger partial charge in [0.25, 0.3) is 0 Å². The van der Waals surface area contributed by atoms with E-state index in [1.165, 1.54) is 12.1 Å². The molecule has 0 bridgehead atoms. The molecule has 0 aromatic heterocycles. The second-order valence-corrected chi connectivity index (χ2v) is 8.77. The molecule has 0 unspecified atom stereocenters. The lowest BCUT2D eigenvalue weighted by molar-refractivity contribution is 0.0716. The van der Waals surface area contributed by atoms with Crippen LogP contribution in [0.5, 0.6) is 0 Å². The smallest absolute Gasteiger partial charge is 0.261 e. The van der Waals surface area contributed by atoms with E-state index in [9.17, 15) is 17.2 Å². The monoisotopic (exact) mass is 464 g/mol. The van der Waals surface area contributed by atoms with E-state index >= 15 is 0 Å². The third-order valence-electron chi connectivity index (χ3n) is 1.87. The Labute approximate surface area is 137 Å². The molecule has 1 aromatic rings. The molecule has 1 aromatic carbocycles. The summed E-state index contributed by atoms with van der Waals surface area (Å²) >= 11 is 17.6. The van der Waals surface area contributed by atoms with Gasteiger partial charge in [0.2, 0.25) is 3.79 Å². The van der Waals surface area contributed by atoms with Gasteiger partial charge in [-0.05, 0) is 34.7 Å². The van der Waals surface area contributed by atoms with E-state index < -0.39 is 31.3 Å². The zero-order valence-corrected chi connectivity index (χ0v) is 14.2. The Morgan fingerprint density at radius 2 is 1.63 bits per heavy atom. The van der Waals surface area contributed by atoms with Gasteiger partial charge in [-0.1, -0.05) is 46.9 Å². The molecule has 0 amide bonds. The first-order valence-corrected chi connectivity index (χ1v) is 8.17. The molecule has 0 atom stereocenters. The van der Waals surface area contributed by atoms with Gasteiger partial charge >= 0.3 is 15.4 Å². The molecule has 0 radical (unpaired) electrons. The van der Waals surface area contributed by atoms with Crippen molar-refractivity contribution in [1.29, 1.82) is 0 Å². The van der Waals surface area contributed by atoms with E-state index in [1.54, 1.807) is 0 Å². The minimum absolute atomic E-state index is 0.678. The van der Waals surface area contributed by atoms with Crippen molar-refractivity contribution in [3.63, 3.8) is 0 Å². The second kappa shape index (κ2) is 6.15. The Morgan fingerprint density at radius 1 is 1.16 bits per heavy atom. The molecule has 1 rings (SSSR count). The van der Waals surface area contributed by atoms with Crippen molar-refractivity contribution < 1.29 is 21.4 Å². The van der Waals surface area contributed by atoms with Crippen LogP contribution in [0.15, 0.2) is 24.3 Å². The highest BCUT2D eigenvalue weighted by Gasteiger charge is 2.49. The summed E-state index contributed by atoms with van der Waals surface area (Å²) in [7, 11) is -5.25. The fourth-order valence-corrected chi connectivity index (χ4v) is 2.63. The van der Waals surface area contributed by atoms with Crippen molar-refractivity contribution >= 4 is 67.5 Å². The van der Waals surface area contributed by atoms with Gasteiger partial charge in [0.1, 0.15) is 6.61 Å². The highest BCUT2D eigenvalue weighted by molar-refractivity contribution is 14.1. The van der Waals surface area contributed by atoms with Gasteiger partial charge in [-0.25, -0.2) is 0 Å². The molecular formula is C9H6Cl3F2IO3S. The predicted octanol–water partition coefficient (Wildman–Crippen LogP) is 4.06. The topological polar surface area (TPSA) is 43.4 Å². The van der Waals surface area contributed by atoms with Crippen LogP contribution in [0.2, 0.25) is 0 Å². The normalized spacial score (nSPS) is 13.6. The van der Waals surface area contributed by atoms with E-state index in [1.807, 2.05) is 22.6 Å². The average molecular weight is 465 g/mol. The van der Waals surface area contributed by atoms with Crippen molar-refractivity contribution in [2.45, 2.75) is 9.05 Å². The average Bonchev–Trinajstić information content (AvgIpc) is 2.26. The van der Waals surface area contributed by atoms with Crippen molar-refractivity contribution in [1.82, 2.24) is 0 Å². The number of rotatable bonds is 4. The Morgan fingerprint density at radius 3 is 2.05 bits per heavy atom. The Hall–Kier alpha value is 0.590. The number of alkyl halides is 5. The highest BCUT2D eigenvalue weighted by atomic mass is 127. The molecule has 0 aliphatic rings. The van der Waals surface area contributed by atoms with E-state index in [0.717, 1.165) is 12.1 Å². The van der Waals surface area contributed by atoms with Gasteiger partial charge in [0.15, 0.2) is 0 Å². The van der Waals surface area contributed by atoms with Crippen LogP contribution in [0.4, 0.5) is 8.78 Å². The molecule has 108 valence electrons. The van der Waals surface area contributed by atoms with Crippen LogP contribution in [0.3, 0.4) is 0 Å². The van der Waals surface area contributed by atoms with Crippen molar-refractivity contribution in [3.8, 4) is 0 Å². The van der Waals surface area contributed by atoms with Crippen LogP contribution in [0.25, 0.3) is 0 Å². The lowest BCUT2D eigenvalue weighted by Gasteiger charge is -2.18. The first kappa shape index (κ1) is 17.6. The molecule has 0 spiro atoms. The second-order valence-electron chi connectivity index (χ2n) is 3.36. The summed E-state index contributed by atoms with van der Waals surface area (Å²) in [4.78, 5) is 0. The Kier molecular flexibility index (Phi) is 5.71. The summed E-state index contributed by atoms with van der Waals surface area (Å²) in [6, 6.07) is 4.65. The quantitative estimate of drug-likeness (QED) is 0.383. The SMILES string of the molecule is O=S(=O)(OCC(Cl)(Cl)Cl)C(F)(F)c1ccc(I)cc1. The minimum atomic E-state index is -5.25. The van der Waals surface area contributed by atoms with E-state index in [2.05, 4.69) is 4.18 Å². The van der Waals surface area contributed by atoms with Crippen LogP contribution < -0.4 is 0 Å². The van der Waals surface area contributed by atoms with E-state index in [0.29, 0.717) is 3.57 Å². The van der Waals surface area contributed by atoms with E-state index in [4.69, 9.17) is 34.8 Å². The maximum absolute atomic E-state index is 13.8. The lowest BCUT2D eigenvalue weighted by atomic mass is 10.2. The van der Waals surface area contributed by atoms with Crippen molar-refractivity contribution in [2.75, 3.05) is 6.61 Å². The van der Waals surface area contributed by atoms with Gasteiger partial charge in [0.05, 0.1) is 0 Å². The van der Waals surface area contributed by atoms with Crippen LogP contribution in [0, 0.1) is 3.57 Å². The van der Waals surface area contributed by atoms with Gasteiger partial charge in [-0.15, -0.1) is 0 Å². The van der Waals surface area contributed by atoms with Gasteiger partial charge in [-0.2, -0.15) is 17.2 Å². The predicted molar refractivity (Wildman–Crippen MR) is 78.2 cm³/mol. The summed E-state index contributed by atoms with van der Waals surface area (Å²) in [5.74, 6) is 0. The zero-order chi connectivity index (χ0) is 14.9. The summed E-state index contributed by atoms with van der Waals surface area (Å²) in [6.45, 7) is -1.00. The molecular weight excluding hydrogens is 459 g/mol. The lowest BCUT2D eigenvalue weighted by Crippen LogP contribution is -2.31. The van der Waals surface area contributed by atoms with Gasteiger partial charge < -0.3 is 0 Å². The maximum Gasteiger partial charge on any atom is 0.395 e. The summed E-state index contributed by atoms with van der Waals surface area (Å²) < 4.78 is 53.1. The van der Waals surface area contributed by atoms with Crippen molar-refractivity contribution in [3.05, 3.63) is 33.4 Å². The number of hydrogen-bond acceptors (Lipinski definition) is 3. The highest BCUT2D eigenvalue weighted by Crippen LogP contribution is 2.37. The molecule has 0 aliphatic heterocycles. The maximum atomic E-state index is 13.8. The molecule has 0 heterocycles. The molecule has 10 heteroatoms. The van der Waals surface area contributed by atoms with Gasteiger partial charge in [0, 0.05) is 9.13 Å². The number of hydrogen-bond donors (Lipinski definition) is 0. The summed E-state index contributed by atoms with van der Waals surface area (Å²) in [5.41, 5.74) is -0.725. The summed E-state index contributed by atoms with van der Waals surface area (Å²) in [6.07, 6.45) is 0. The van der Waals surface area contributed by atoms with Crippen LogP contribution in [0.1, 0.15) is 5.56 Å². The van der Waals surface area contributed by atoms with Crippen molar-refractivity contribution in [2.24, 2.45) is 0 Å². The Balaban J connectivity index is 3.01. The molecule has 0 saturated heterocycles. The standard InChI is InChI=1S/C9H6Cl3F2IO3S/c10-8(11,12)5-18-19(16,17)9(13,14)6-1-3-7(15)4-2-6/h1-4H,5H2. The molecule has 3 nitrogen and oxygen atoms in total. The van der Waals surface area contributed by atoms with Gasteiger partial charge in [-0.3, -0.25) is 4.18 Å². The Bertz CT molecular complexity index is 543. The number of benzene rings is 1. The number of halogens is 6. The van der Waals surface area contributed by atoms with Crippen LogP contribution >= 0.6 is 57.4 Å². The van der Waals surface area contributed by atoms with Crippen LogP contribution in [-0.2, 0) is 19.6 Å². The largest absolute Gasteiger partial charge is 0.395 e. The van der Waals surface area contributed by atoms with Crippen LogP contribution in [-0.4, -0.2) is 18.8 Å². The molecule has 0 aliphatic carbocycles. The zero-order valence-electron chi connectivity index (χ0n) is 8.92. The fraction of sp³-hybridized carbons (Fsp3) is 0.333. The summed E-state index contributed by atoms with van der Waals surface area (Å²) in [5, 5.41) is -4.23. The third-order valence-corrected chi connectivity index (χ3v) is 4.21. The minimum Gasteiger partial charge on any atom is -0.261 e. The molecule has 19 heavy (non-hydrogen) atoms.